The summed E-state index contributed by atoms with van der Waals surface area (Å²) in [6, 6.07) is 17.8. The Labute approximate surface area is 161 Å². The molecule has 1 N–H and O–H groups in total. The lowest BCUT2D eigenvalue weighted by molar-refractivity contribution is 0.0950. The van der Waals surface area contributed by atoms with E-state index in [1.54, 1.807) is 36.4 Å². The summed E-state index contributed by atoms with van der Waals surface area (Å²) in [4.78, 5) is 16.6. The van der Waals surface area contributed by atoms with E-state index in [4.69, 9.17) is 28.5 Å². The summed E-state index contributed by atoms with van der Waals surface area (Å²) in [7, 11) is 0. The summed E-state index contributed by atoms with van der Waals surface area (Å²) in [5.41, 5.74) is 3.16. The molecule has 0 atom stereocenters. The Hall–Kier alpha value is -2.87. The average molecular weight is 382 g/mol. The lowest BCUT2D eigenvalue weighted by Gasteiger charge is -2.08. The highest BCUT2D eigenvalue weighted by Crippen LogP contribution is 2.25. The molecule has 0 aliphatic heterocycles. The summed E-state index contributed by atoms with van der Waals surface area (Å²) < 4.78 is 0. The zero-order valence-electron chi connectivity index (χ0n) is 13.5. The van der Waals surface area contributed by atoms with Crippen molar-refractivity contribution in [3.63, 3.8) is 0 Å². The van der Waals surface area contributed by atoms with E-state index in [0.717, 1.165) is 11.1 Å². The number of hydrogen-bond donors (Lipinski definition) is 1. The zero-order chi connectivity index (χ0) is 18.5. The second-order valence-corrected chi connectivity index (χ2v) is 6.33. The van der Waals surface area contributed by atoms with Crippen LogP contribution in [0.15, 0.2) is 60.8 Å². The van der Waals surface area contributed by atoms with Gasteiger partial charge in [0.2, 0.25) is 0 Å². The van der Waals surface area contributed by atoms with Crippen molar-refractivity contribution in [2.75, 3.05) is 0 Å². The van der Waals surface area contributed by atoms with Crippen molar-refractivity contribution in [3.05, 3.63) is 87.5 Å². The van der Waals surface area contributed by atoms with Gasteiger partial charge in [0.1, 0.15) is 0 Å². The van der Waals surface area contributed by atoms with Gasteiger partial charge in [-0.3, -0.25) is 9.78 Å². The van der Waals surface area contributed by atoms with Crippen LogP contribution < -0.4 is 5.32 Å². The molecule has 0 aliphatic carbocycles. The first-order chi connectivity index (χ1) is 12.6. The van der Waals surface area contributed by atoms with Gasteiger partial charge >= 0.3 is 0 Å². The van der Waals surface area contributed by atoms with Gasteiger partial charge in [-0.15, -0.1) is 0 Å². The van der Waals surface area contributed by atoms with Gasteiger partial charge in [0, 0.05) is 28.4 Å². The molecule has 2 aromatic carbocycles. The number of pyridine rings is 1. The van der Waals surface area contributed by atoms with Crippen LogP contribution in [0.2, 0.25) is 10.0 Å². The van der Waals surface area contributed by atoms with Gasteiger partial charge in [0.25, 0.3) is 5.91 Å². The molecule has 128 valence electrons. The van der Waals surface area contributed by atoms with Crippen molar-refractivity contribution in [1.82, 2.24) is 10.3 Å². The van der Waals surface area contributed by atoms with Crippen LogP contribution in [0, 0.1) is 11.3 Å². The minimum Gasteiger partial charge on any atom is -0.348 e. The highest BCUT2D eigenvalue weighted by Gasteiger charge is 2.10. The quantitative estimate of drug-likeness (QED) is 0.701. The van der Waals surface area contributed by atoms with Gasteiger partial charge in [-0.05, 0) is 35.9 Å². The first-order valence-electron chi connectivity index (χ1n) is 7.76. The standard InChI is InChI=1S/C20H13Cl2N3O/c21-17-4-2-1-3-16(17)19-8-7-15(12-24-19)20(26)25-11-14-6-5-13(10-23)9-18(14)22/h1-9,12H,11H2,(H,25,26). The average Bonchev–Trinajstić information content (AvgIpc) is 2.67. The van der Waals surface area contributed by atoms with Crippen LogP contribution in [-0.2, 0) is 6.54 Å². The smallest absolute Gasteiger partial charge is 0.253 e. The summed E-state index contributed by atoms with van der Waals surface area (Å²) in [5.74, 6) is -0.261. The van der Waals surface area contributed by atoms with Gasteiger partial charge in [-0.25, -0.2) is 0 Å². The maximum Gasteiger partial charge on any atom is 0.253 e. The molecule has 3 rings (SSSR count). The fourth-order valence-electron chi connectivity index (χ4n) is 2.39. The van der Waals surface area contributed by atoms with Crippen molar-refractivity contribution in [3.8, 4) is 17.3 Å². The van der Waals surface area contributed by atoms with Crippen LogP contribution in [0.25, 0.3) is 11.3 Å². The molecule has 1 amide bonds. The lowest BCUT2D eigenvalue weighted by atomic mass is 10.1. The summed E-state index contributed by atoms with van der Waals surface area (Å²) in [5, 5.41) is 12.7. The normalized spacial score (nSPS) is 10.2. The number of nitriles is 1. The largest absolute Gasteiger partial charge is 0.348 e. The van der Waals surface area contributed by atoms with Crippen LogP contribution in [0.4, 0.5) is 0 Å². The van der Waals surface area contributed by atoms with Crippen molar-refractivity contribution in [2.24, 2.45) is 0 Å². The molecule has 1 aromatic heterocycles. The SMILES string of the molecule is N#Cc1ccc(CNC(=O)c2ccc(-c3ccccc3Cl)nc2)c(Cl)c1. The Morgan fingerprint density at radius 1 is 1.08 bits per heavy atom. The molecule has 1 heterocycles. The summed E-state index contributed by atoms with van der Waals surface area (Å²) in [6.45, 7) is 0.260. The van der Waals surface area contributed by atoms with Gasteiger partial charge in [0.15, 0.2) is 0 Å². The number of nitrogens with one attached hydrogen (secondary N) is 1. The molecular formula is C20H13Cl2N3O. The van der Waals surface area contributed by atoms with Crippen molar-refractivity contribution in [2.45, 2.75) is 6.54 Å². The number of carbonyl (C=O) groups is 1. The van der Waals surface area contributed by atoms with Crippen LogP contribution in [-0.4, -0.2) is 10.9 Å². The van der Waals surface area contributed by atoms with E-state index < -0.39 is 0 Å². The number of carbonyl (C=O) groups excluding carboxylic acids is 1. The molecule has 0 unspecified atom stereocenters. The number of nitrogens with zero attached hydrogens (tertiary/aromatic N) is 2. The van der Waals surface area contributed by atoms with Gasteiger partial charge < -0.3 is 5.32 Å². The number of halogens is 2. The molecule has 4 nitrogen and oxygen atoms in total. The lowest BCUT2D eigenvalue weighted by Crippen LogP contribution is -2.23. The molecule has 26 heavy (non-hydrogen) atoms. The number of rotatable bonds is 4. The molecule has 0 spiro atoms. The summed E-state index contributed by atoms with van der Waals surface area (Å²) >= 11 is 12.3. The molecule has 0 aliphatic rings. The second-order valence-electron chi connectivity index (χ2n) is 5.51. The molecule has 0 fully saturated rings. The fraction of sp³-hybridized carbons (Fsp3) is 0.0500. The molecule has 3 aromatic rings. The molecule has 0 saturated carbocycles. The number of amides is 1. The monoisotopic (exact) mass is 381 g/mol. The van der Waals surface area contributed by atoms with Gasteiger partial charge in [-0.1, -0.05) is 47.5 Å². The third-order valence-electron chi connectivity index (χ3n) is 3.80. The highest BCUT2D eigenvalue weighted by molar-refractivity contribution is 6.33. The summed E-state index contributed by atoms with van der Waals surface area (Å²) in [6.07, 6.45) is 1.51. The van der Waals surface area contributed by atoms with Crippen molar-refractivity contribution in [1.29, 1.82) is 5.26 Å². The first-order valence-corrected chi connectivity index (χ1v) is 8.52. The molecule has 6 heteroatoms. The molecular weight excluding hydrogens is 369 g/mol. The van der Waals surface area contributed by atoms with Crippen LogP contribution in [0.5, 0.6) is 0 Å². The van der Waals surface area contributed by atoms with E-state index in [2.05, 4.69) is 10.3 Å². The van der Waals surface area contributed by atoms with E-state index in [0.29, 0.717) is 26.9 Å². The zero-order valence-corrected chi connectivity index (χ0v) is 15.1. The number of aromatic nitrogens is 1. The third-order valence-corrected chi connectivity index (χ3v) is 4.48. The predicted octanol–water partition coefficient (Wildman–Crippen LogP) is 4.86. The maximum atomic E-state index is 12.3. The number of benzene rings is 2. The Morgan fingerprint density at radius 2 is 1.88 bits per heavy atom. The Bertz CT molecular complexity index is 995. The third kappa shape index (κ3) is 4.02. The predicted molar refractivity (Wildman–Crippen MR) is 102 cm³/mol. The molecule has 0 bridgehead atoms. The Kier molecular flexibility index (Phi) is 5.52. The van der Waals surface area contributed by atoms with Gasteiger partial charge in [-0.2, -0.15) is 5.26 Å². The topological polar surface area (TPSA) is 65.8 Å². The van der Waals surface area contributed by atoms with E-state index >= 15 is 0 Å². The minimum absolute atomic E-state index is 0.260. The molecule has 0 radical (unpaired) electrons. The molecule has 0 saturated heterocycles. The Balaban J connectivity index is 1.69. The minimum atomic E-state index is -0.261. The second kappa shape index (κ2) is 8.01. The Morgan fingerprint density at radius 3 is 2.54 bits per heavy atom. The fourth-order valence-corrected chi connectivity index (χ4v) is 2.87. The van der Waals surface area contributed by atoms with Crippen molar-refractivity contribution < 1.29 is 4.79 Å². The first kappa shape index (κ1) is 17.9. The van der Waals surface area contributed by atoms with Crippen molar-refractivity contribution >= 4 is 29.1 Å². The van der Waals surface area contributed by atoms with E-state index in [-0.39, 0.29) is 12.5 Å². The van der Waals surface area contributed by atoms with E-state index in [1.807, 2.05) is 24.3 Å². The highest BCUT2D eigenvalue weighted by atomic mass is 35.5. The van der Waals surface area contributed by atoms with Crippen LogP contribution in [0.3, 0.4) is 0 Å². The number of hydrogen-bond acceptors (Lipinski definition) is 3. The maximum absolute atomic E-state index is 12.3. The van der Waals surface area contributed by atoms with Gasteiger partial charge in [0.05, 0.1) is 22.9 Å². The van der Waals surface area contributed by atoms with Crippen LogP contribution >= 0.6 is 23.2 Å². The van der Waals surface area contributed by atoms with E-state index in [1.165, 1.54) is 6.20 Å². The van der Waals surface area contributed by atoms with Crippen LogP contribution in [0.1, 0.15) is 21.5 Å². The van der Waals surface area contributed by atoms with E-state index in [9.17, 15) is 4.79 Å².